The molecule has 0 aliphatic heterocycles. The molecule has 0 radical (unpaired) electrons. The average molecular weight is 283 g/mol. The third kappa shape index (κ3) is 2.52. The fraction of sp³-hybridized carbons (Fsp3) is 0.118. The van der Waals surface area contributed by atoms with Crippen molar-refractivity contribution in [2.24, 2.45) is 0 Å². The monoisotopic (exact) mass is 283 g/mol. The molecule has 0 atom stereocenters. The van der Waals surface area contributed by atoms with Gasteiger partial charge in [-0.05, 0) is 35.6 Å². The second-order valence-corrected chi connectivity index (χ2v) is 4.91. The highest BCUT2D eigenvalue weighted by molar-refractivity contribution is 5.78. The lowest BCUT2D eigenvalue weighted by Crippen LogP contribution is -2.07. The van der Waals surface area contributed by atoms with Gasteiger partial charge in [0.2, 0.25) is 5.75 Å². The Kier molecular flexibility index (Phi) is 3.44. The number of allylic oxidation sites excluding steroid dienone is 4. The van der Waals surface area contributed by atoms with E-state index < -0.39 is 17.1 Å². The van der Waals surface area contributed by atoms with E-state index in [2.05, 4.69) is 17.1 Å². The topological polar surface area (TPSA) is 53.1 Å². The third-order valence-electron chi connectivity index (χ3n) is 3.51. The standard InChI is InChI=1S/C17H14FNO2/c18-15-14(10-19-17(21)16(15)20)13-8-4-7-12(9-13)11-5-2-1-3-6-11/h2,4-10,20H,1,3H2,(H,19,21). The summed E-state index contributed by atoms with van der Waals surface area (Å²) in [6.45, 7) is 0. The molecule has 1 aliphatic rings. The Bertz CT molecular complexity index is 803. The first-order valence-electron chi connectivity index (χ1n) is 6.74. The number of aromatic nitrogens is 1. The van der Waals surface area contributed by atoms with Gasteiger partial charge in [0.1, 0.15) is 0 Å². The van der Waals surface area contributed by atoms with Gasteiger partial charge in [0, 0.05) is 11.8 Å². The van der Waals surface area contributed by atoms with E-state index in [4.69, 9.17) is 0 Å². The Hall–Kier alpha value is -2.62. The van der Waals surface area contributed by atoms with Crippen LogP contribution in [-0.4, -0.2) is 10.1 Å². The Morgan fingerprint density at radius 2 is 2.00 bits per heavy atom. The highest BCUT2D eigenvalue weighted by Gasteiger charge is 2.13. The molecule has 4 heteroatoms. The number of aromatic amines is 1. The van der Waals surface area contributed by atoms with Gasteiger partial charge in [-0.25, -0.2) is 4.39 Å². The molecular formula is C17H14FNO2. The molecule has 106 valence electrons. The first kappa shape index (κ1) is 13.4. The summed E-state index contributed by atoms with van der Waals surface area (Å²) in [4.78, 5) is 13.5. The molecule has 1 heterocycles. The second-order valence-electron chi connectivity index (χ2n) is 4.91. The molecule has 3 rings (SSSR count). The summed E-state index contributed by atoms with van der Waals surface area (Å²) >= 11 is 0. The summed E-state index contributed by atoms with van der Waals surface area (Å²) in [5, 5.41) is 9.43. The van der Waals surface area contributed by atoms with Crippen LogP contribution in [0.5, 0.6) is 5.75 Å². The van der Waals surface area contributed by atoms with Gasteiger partial charge >= 0.3 is 0 Å². The predicted molar refractivity (Wildman–Crippen MR) is 80.5 cm³/mol. The normalized spacial score (nSPS) is 14.0. The SMILES string of the molecule is O=c1[nH]cc(-c2cccc(C3=CCCC=C3)c2)c(F)c1O. The number of hydrogen-bond acceptors (Lipinski definition) is 2. The number of rotatable bonds is 2. The van der Waals surface area contributed by atoms with Crippen LogP contribution in [-0.2, 0) is 0 Å². The summed E-state index contributed by atoms with van der Waals surface area (Å²) in [6, 6.07) is 7.37. The first-order chi connectivity index (χ1) is 10.2. The van der Waals surface area contributed by atoms with Gasteiger partial charge in [-0.15, -0.1) is 0 Å². The number of pyridine rings is 1. The van der Waals surface area contributed by atoms with E-state index in [1.165, 1.54) is 6.20 Å². The van der Waals surface area contributed by atoms with Gasteiger partial charge in [-0.1, -0.05) is 36.4 Å². The van der Waals surface area contributed by atoms with Crippen molar-refractivity contribution < 1.29 is 9.50 Å². The van der Waals surface area contributed by atoms with Crippen LogP contribution in [0, 0.1) is 5.82 Å². The first-order valence-corrected chi connectivity index (χ1v) is 6.74. The molecule has 0 bridgehead atoms. The Morgan fingerprint density at radius 3 is 2.76 bits per heavy atom. The third-order valence-corrected chi connectivity index (χ3v) is 3.51. The van der Waals surface area contributed by atoms with Crippen molar-refractivity contribution in [1.29, 1.82) is 0 Å². The minimum absolute atomic E-state index is 0.175. The Morgan fingerprint density at radius 1 is 1.19 bits per heavy atom. The molecule has 0 fully saturated rings. The minimum Gasteiger partial charge on any atom is -0.501 e. The number of H-pyrrole nitrogens is 1. The van der Waals surface area contributed by atoms with E-state index in [1.807, 2.05) is 24.3 Å². The lowest BCUT2D eigenvalue weighted by molar-refractivity contribution is 0.425. The van der Waals surface area contributed by atoms with Crippen LogP contribution in [0.3, 0.4) is 0 Å². The molecule has 1 aromatic heterocycles. The van der Waals surface area contributed by atoms with Crippen LogP contribution in [0.1, 0.15) is 18.4 Å². The number of benzene rings is 1. The fourth-order valence-electron chi connectivity index (χ4n) is 2.40. The quantitative estimate of drug-likeness (QED) is 0.884. The summed E-state index contributed by atoms with van der Waals surface area (Å²) in [7, 11) is 0. The van der Waals surface area contributed by atoms with E-state index >= 15 is 0 Å². The molecular weight excluding hydrogens is 269 g/mol. The van der Waals surface area contributed by atoms with Gasteiger partial charge < -0.3 is 10.1 Å². The zero-order valence-electron chi connectivity index (χ0n) is 11.3. The van der Waals surface area contributed by atoms with Crippen molar-refractivity contribution in [3.8, 4) is 16.9 Å². The van der Waals surface area contributed by atoms with E-state index in [0.717, 1.165) is 24.0 Å². The molecule has 0 amide bonds. The molecule has 2 aromatic rings. The lowest BCUT2D eigenvalue weighted by atomic mass is 9.96. The van der Waals surface area contributed by atoms with Gasteiger partial charge in [0.05, 0.1) is 0 Å². The van der Waals surface area contributed by atoms with Crippen LogP contribution < -0.4 is 5.56 Å². The molecule has 1 aromatic carbocycles. The van der Waals surface area contributed by atoms with Crippen LogP contribution in [0.2, 0.25) is 0 Å². The number of aromatic hydroxyl groups is 1. The summed E-state index contributed by atoms with van der Waals surface area (Å²) in [5.74, 6) is -1.78. The van der Waals surface area contributed by atoms with E-state index in [1.54, 1.807) is 6.07 Å². The maximum Gasteiger partial charge on any atom is 0.293 e. The Balaban J connectivity index is 2.08. The van der Waals surface area contributed by atoms with Gasteiger partial charge in [-0.2, -0.15) is 0 Å². The second kappa shape index (κ2) is 5.40. The highest BCUT2D eigenvalue weighted by Crippen LogP contribution is 2.29. The summed E-state index contributed by atoms with van der Waals surface area (Å²) < 4.78 is 14.0. The van der Waals surface area contributed by atoms with Gasteiger partial charge in [0.15, 0.2) is 5.82 Å². The number of hydrogen-bond donors (Lipinski definition) is 2. The number of nitrogens with one attached hydrogen (secondary N) is 1. The smallest absolute Gasteiger partial charge is 0.293 e. The molecule has 2 N–H and O–H groups in total. The largest absolute Gasteiger partial charge is 0.501 e. The van der Waals surface area contributed by atoms with Crippen LogP contribution in [0.15, 0.2) is 53.5 Å². The van der Waals surface area contributed by atoms with Crippen molar-refractivity contribution in [3.05, 3.63) is 70.4 Å². The molecule has 1 aliphatic carbocycles. The highest BCUT2D eigenvalue weighted by atomic mass is 19.1. The van der Waals surface area contributed by atoms with E-state index in [0.29, 0.717) is 5.56 Å². The molecule has 3 nitrogen and oxygen atoms in total. The van der Waals surface area contributed by atoms with Gasteiger partial charge in [-0.3, -0.25) is 4.79 Å². The average Bonchev–Trinajstić information content (AvgIpc) is 2.54. The van der Waals surface area contributed by atoms with Crippen molar-refractivity contribution in [1.82, 2.24) is 4.98 Å². The molecule has 21 heavy (non-hydrogen) atoms. The minimum atomic E-state index is -0.899. The zero-order chi connectivity index (χ0) is 14.8. The maximum absolute atomic E-state index is 14.0. The van der Waals surface area contributed by atoms with Crippen molar-refractivity contribution in [2.45, 2.75) is 12.8 Å². The number of halogens is 1. The lowest BCUT2D eigenvalue weighted by Gasteiger charge is -2.10. The van der Waals surface area contributed by atoms with Crippen molar-refractivity contribution in [2.75, 3.05) is 0 Å². The van der Waals surface area contributed by atoms with E-state index in [-0.39, 0.29) is 5.56 Å². The fourth-order valence-corrected chi connectivity index (χ4v) is 2.40. The van der Waals surface area contributed by atoms with Crippen LogP contribution >= 0.6 is 0 Å². The van der Waals surface area contributed by atoms with Crippen LogP contribution in [0.4, 0.5) is 4.39 Å². The van der Waals surface area contributed by atoms with Crippen LogP contribution in [0.25, 0.3) is 16.7 Å². The zero-order valence-corrected chi connectivity index (χ0v) is 11.3. The van der Waals surface area contributed by atoms with E-state index in [9.17, 15) is 14.3 Å². The van der Waals surface area contributed by atoms with Crippen molar-refractivity contribution >= 4 is 5.57 Å². The molecule has 0 saturated heterocycles. The summed E-state index contributed by atoms with van der Waals surface area (Å²) in [6.07, 6.45) is 9.59. The molecule has 0 spiro atoms. The molecule has 0 unspecified atom stereocenters. The van der Waals surface area contributed by atoms with Gasteiger partial charge in [0.25, 0.3) is 5.56 Å². The maximum atomic E-state index is 14.0. The molecule has 0 saturated carbocycles. The summed E-state index contributed by atoms with van der Waals surface area (Å²) in [5.41, 5.74) is 2.03. The predicted octanol–water partition coefficient (Wildman–Crippen LogP) is 3.62. The van der Waals surface area contributed by atoms with Crippen molar-refractivity contribution in [3.63, 3.8) is 0 Å². The Labute approximate surface area is 121 Å².